The van der Waals surface area contributed by atoms with Gasteiger partial charge in [0.2, 0.25) is 0 Å². The van der Waals surface area contributed by atoms with Crippen LogP contribution >= 0.6 is 15.9 Å². The van der Waals surface area contributed by atoms with E-state index in [1.807, 2.05) is 25.1 Å². The largest absolute Gasteiger partial charge is 0.363 e. The molecule has 1 aromatic rings. The third-order valence-electron chi connectivity index (χ3n) is 1.83. The lowest BCUT2D eigenvalue weighted by atomic mass is 10.1. The molecule has 0 saturated carbocycles. The van der Waals surface area contributed by atoms with Crippen molar-refractivity contribution in [3.8, 4) is 0 Å². The van der Waals surface area contributed by atoms with E-state index in [4.69, 9.17) is 4.74 Å². The topological polar surface area (TPSA) is 25.4 Å². The molecule has 0 radical (unpaired) electrons. The number of halogens is 1. The smallest absolute Gasteiger partial charge is 0.131 e. The van der Waals surface area contributed by atoms with Crippen molar-refractivity contribution in [3.63, 3.8) is 0 Å². The van der Waals surface area contributed by atoms with Crippen LogP contribution in [0.5, 0.6) is 0 Å². The maximum Gasteiger partial charge on any atom is 0.131 e. The minimum absolute atomic E-state index is 0.107. The zero-order valence-electron chi connectivity index (χ0n) is 6.17. The van der Waals surface area contributed by atoms with Crippen molar-refractivity contribution in [3.05, 3.63) is 28.5 Å². The van der Waals surface area contributed by atoms with Gasteiger partial charge >= 0.3 is 0 Å². The van der Waals surface area contributed by atoms with E-state index < -0.39 is 0 Å². The first-order chi connectivity index (χ1) is 5.21. The highest BCUT2D eigenvalue weighted by atomic mass is 79.9. The van der Waals surface area contributed by atoms with E-state index in [1.165, 1.54) is 0 Å². The van der Waals surface area contributed by atoms with Crippen LogP contribution in [0.25, 0.3) is 0 Å². The highest BCUT2D eigenvalue weighted by molar-refractivity contribution is 9.10. The molecule has 1 saturated heterocycles. The lowest BCUT2D eigenvalue weighted by Gasteiger charge is -2.02. The molecule has 0 amide bonds. The molecule has 2 heterocycles. The van der Waals surface area contributed by atoms with Gasteiger partial charge in [0.1, 0.15) is 10.2 Å². The van der Waals surface area contributed by atoms with Gasteiger partial charge in [-0.05, 0) is 35.0 Å². The Hall–Kier alpha value is -0.410. The molecule has 11 heavy (non-hydrogen) atoms. The molecule has 0 N–H and O–H groups in total. The van der Waals surface area contributed by atoms with Crippen LogP contribution < -0.4 is 0 Å². The SMILES string of the molecule is CC1(c2cccc(Br)n2)CO1. The summed E-state index contributed by atoms with van der Waals surface area (Å²) in [6.07, 6.45) is 0. The zero-order valence-corrected chi connectivity index (χ0v) is 7.76. The zero-order chi connectivity index (χ0) is 7.90. The second-order valence-electron chi connectivity index (χ2n) is 2.87. The summed E-state index contributed by atoms with van der Waals surface area (Å²) in [5.74, 6) is 0. The molecule has 2 rings (SSSR count). The van der Waals surface area contributed by atoms with E-state index in [0.29, 0.717) is 0 Å². The van der Waals surface area contributed by atoms with Crippen LogP contribution in [0.15, 0.2) is 22.8 Å². The van der Waals surface area contributed by atoms with Crippen LogP contribution in [-0.2, 0) is 10.3 Å². The summed E-state index contributed by atoms with van der Waals surface area (Å²) in [4.78, 5) is 4.30. The van der Waals surface area contributed by atoms with Crippen molar-refractivity contribution in [2.45, 2.75) is 12.5 Å². The van der Waals surface area contributed by atoms with Gasteiger partial charge in [-0.15, -0.1) is 0 Å². The molecule has 58 valence electrons. The molecular formula is C8H8BrNO. The summed E-state index contributed by atoms with van der Waals surface area (Å²) < 4.78 is 6.12. The number of pyridine rings is 1. The molecule has 2 nitrogen and oxygen atoms in total. The van der Waals surface area contributed by atoms with Gasteiger partial charge in [-0.1, -0.05) is 6.07 Å². The van der Waals surface area contributed by atoms with E-state index in [-0.39, 0.29) is 5.60 Å². The van der Waals surface area contributed by atoms with E-state index in [0.717, 1.165) is 16.9 Å². The first kappa shape index (κ1) is 7.25. The maximum absolute atomic E-state index is 5.25. The summed E-state index contributed by atoms with van der Waals surface area (Å²) in [6, 6.07) is 5.87. The molecule has 1 fully saturated rings. The van der Waals surface area contributed by atoms with E-state index in [9.17, 15) is 0 Å². The molecule has 0 spiro atoms. The van der Waals surface area contributed by atoms with Crippen LogP contribution in [0.3, 0.4) is 0 Å². The lowest BCUT2D eigenvalue weighted by molar-refractivity contribution is 0.323. The van der Waals surface area contributed by atoms with Gasteiger partial charge in [0.15, 0.2) is 0 Å². The summed E-state index contributed by atoms with van der Waals surface area (Å²) in [5.41, 5.74) is 0.899. The van der Waals surface area contributed by atoms with Gasteiger partial charge in [0.05, 0.1) is 12.3 Å². The van der Waals surface area contributed by atoms with E-state index in [2.05, 4.69) is 20.9 Å². The van der Waals surface area contributed by atoms with Gasteiger partial charge in [-0.3, -0.25) is 0 Å². The Morgan fingerprint density at radius 1 is 1.64 bits per heavy atom. The number of ether oxygens (including phenoxy) is 1. The number of hydrogen-bond donors (Lipinski definition) is 0. The van der Waals surface area contributed by atoms with E-state index in [1.54, 1.807) is 0 Å². The van der Waals surface area contributed by atoms with Crippen molar-refractivity contribution in [1.82, 2.24) is 4.98 Å². The summed E-state index contributed by atoms with van der Waals surface area (Å²) in [6.45, 7) is 2.83. The number of rotatable bonds is 1. The summed E-state index contributed by atoms with van der Waals surface area (Å²) in [5, 5.41) is 0. The Morgan fingerprint density at radius 3 is 2.91 bits per heavy atom. The van der Waals surface area contributed by atoms with Crippen LogP contribution in [0.2, 0.25) is 0 Å². The predicted octanol–water partition coefficient (Wildman–Crippen LogP) is 2.09. The van der Waals surface area contributed by atoms with Crippen LogP contribution in [0, 0.1) is 0 Å². The summed E-state index contributed by atoms with van der Waals surface area (Å²) in [7, 11) is 0. The molecule has 1 aliphatic rings. The summed E-state index contributed by atoms with van der Waals surface area (Å²) >= 11 is 3.32. The Kier molecular flexibility index (Phi) is 1.51. The molecule has 0 bridgehead atoms. The van der Waals surface area contributed by atoms with Gasteiger partial charge in [-0.2, -0.15) is 0 Å². The van der Waals surface area contributed by atoms with Crippen molar-refractivity contribution in [1.29, 1.82) is 0 Å². The van der Waals surface area contributed by atoms with Crippen molar-refractivity contribution < 1.29 is 4.74 Å². The molecule has 3 heteroatoms. The normalized spacial score (nSPS) is 28.5. The number of aromatic nitrogens is 1. The first-order valence-corrected chi connectivity index (χ1v) is 4.27. The fraction of sp³-hybridized carbons (Fsp3) is 0.375. The molecule has 1 unspecified atom stereocenters. The standard InChI is InChI=1S/C8H8BrNO/c1-8(5-11-8)6-3-2-4-7(9)10-6/h2-4H,5H2,1H3. The second kappa shape index (κ2) is 2.29. The molecular weight excluding hydrogens is 206 g/mol. The van der Waals surface area contributed by atoms with Crippen molar-refractivity contribution in [2.24, 2.45) is 0 Å². The third kappa shape index (κ3) is 1.30. The molecule has 1 aromatic heterocycles. The Balaban J connectivity index is 2.38. The van der Waals surface area contributed by atoms with Gasteiger partial charge in [0.25, 0.3) is 0 Å². The highest BCUT2D eigenvalue weighted by Crippen LogP contribution is 2.36. The molecule has 1 atom stereocenters. The average molecular weight is 214 g/mol. The number of nitrogens with zero attached hydrogens (tertiary/aromatic N) is 1. The van der Waals surface area contributed by atoms with Gasteiger partial charge in [0, 0.05) is 0 Å². The predicted molar refractivity (Wildman–Crippen MR) is 45.2 cm³/mol. The fourth-order valence-corrected chi connectivity index (χ4v) is 1.30. The molecule has 1 aliphatic heterocycles. The van der Waals surface area contributed by atoms with Crippen LogP contribution in [-0.4, -0.2) is 11.6 Å². The molecule has 0 aliphatic carbocycles. The third-order valence-corrected chi connectivity index (χ3v) is 2.28. The van der Waals surface area contributed by atoms with Gasteiger partial charge in [-0.25, -0.2) is 4.98 Å². The minimum atomic E-state index is -0.107. The fourth-order valence-electron chi connectivity index (χ4n) is 0.959. The second-order valence-corrected chi connectivity index (χ2v) is 3.68. The van der Waals surface area contributed by atoms with Crippen LogP contribution in [0.4, 0.5) is 0 Å². The Bertz CT molecular complexity index is 283. The Labute approximate surface area is 73.7 Å². The highest BCUT2D eigenvalue weighted by Gasteiger charge is 2.42. The maximum atomic E-state index is 5.25. The number of hydrogen-bond acceptors (Lipinski definition) is 2. The van der Waals surface area contributed by atoms with Gasteiger partial charge < -0.3 is 4.74 Å². The molecule has 0 aromatic carbocycles. The lowest BCUT2D eigenvalue weighted by Crippen LogP contribution is -2.04. The van der Waals surface area contributed by atoms with Crippen molar-refractivity contribution in [2.75, 3.05) is 6.61 Å². The average Bonchev–Trinajstić information content (AvgIpc) is 2.70. The van der Waals surface area contributed by atoms with E-state index >= 15 is 0 Å². The Morgan fingerprint density at radius 2 is 2.36 bits per heavy atom. The monoisotopic (exact) mass is 213 g/mol. The van der Waals surface area contributed by atoms with Crippen LogP contribution in [0.1, 0.15) is 12.6 Å². The quantitative estimate of drug-likeness (QED) is 0.528. The number of epoxide rings is 1. The first-order valence-electron chi connectivity index (χ1n) is 3.48. The van der Waals surface area contributed by atoms with Crippen molar-refractivity contribution >= 4 is 15.9 Å². The minimum Gasteiger partial charge on any atom is -0.363 e.